The Labute approximate surface area is 214 Å². The number of carbonyl (C=O) groups excluding carboxylic acids is 2. The van der Waals surface area contributed by atoms with Gasteiger partial charge in [-0.2, -0.15) is 0 Å². The van der Waals surface area contributed by atoms with E-state index in [0.29, 0.717) is 29.4 Å². The van der Waals surface area contributed by atoms with Crippen molar-refractivity contribution in [1.29, 1.82) is 0 Å². The van der Waals surface area contributed by atoms with Gasteiger partial charge in [0.2, 0.25) is 0 Å². The molecule has 1 fully saturated rings. The predicted octanol–water partition coefficient (Wildman–Crippen LogP) is 5.48. The van der Waals surface area contributed by atoms with E-state index in [0.717, 1.165) is 17.2 Å². The number of methoxy groups -OCH3 is 2. The summed E-state index contributed by atoms with van der Waals surface area (Å²) in [7, 11) is 2.88. The number of hydrogen-bond acceptors (Lipinski definition) is 6. The molecule has 1 aliphatic heterocycles. The number of nitrogens with zero attached hydrogens (tertiary/aromatic N) is 1. The molecule has 1 amide bonds. The summed E-state index contributed by atoms with van der Waals surface area (Å²) in [6.45, 7) is 5.95. The monoisotopic (exact) mass is 505 g/mol. The molecule has 1 heterocycles. The number of hydrogen-bond donors (Lipinski definition) is 1. The zero-order valence-electron chi connectivity index (χ0n) is 21.3. The van der Waals surface area contributed by atoms with Crippen LogP contribution < -0.4 is 19.1 Å². The highest BCUT2D eigenvalue weighted by Crippen LogP contribution is 2.45. The van der Waals surface area contributed by atoms with Gasteiger partial charge in [0.25, 0.3) is 11.7 Å². The molecule has 1 atom stereocenters. The average molecular weight is 506 g/mol. The minimum atomic E-state index is -1.03. The van der Waals surface area contributed by atoms with Crippen molar-refractivity contribution in [1.82, 2.24) is 0 Å². The highest BCUT2D eigenvalue weighted by Gasteiger charge is 2.47. The summed E-state index contributed by atoms with van der Waals surface area (Å²) >= 11 is 0. The summed E-state index contributed by atoms with van der Waals surface area (Å²) in [5.41, 5.74) is 2.54. The lowest BCUT2D eigenvalue weighted by molar-refractivity contribution is -0.132. The highest BCUT2D eigenvalue weighted by molar-refractivity contribution is 6.51. The lowest BCUT2D eigenvalue weighted by atomic mass is 9.94. The van der Waals surface area contributed by atoms with Gasteiger partial charge in [0.15, 0.2) is 11.5 Å². The number of aliphatic hydroxyl groups excluding tert-OH is 1. The lowest BCUT2D eigenvalue weighted by Gasteiger charge is -2.27. The van der Waals surface area contributed by atoms with E-state index in [-0.39, 0.29) is 16.9 Å². The molecule has 0 radical (unpaired) electrons. The molecule has 0 spiro atoms. The van der Waals surface area contributed by atoms with Crippen molar-refractivity contribution in [2.45, 2.75) is 26.8 Å². The number of amides is 1. The Morgan fingerprint density at radius 2 is 1.65 bits per heavy atom. The van der Waals surface area contributed by atoms with E-state index >= 15 is 0 Å². The lowest BCUT2D eigenvalue weighted by Crippen LogP contribution is -2.30. The SMILES string of the molecule is CCOc1cc(C2/C(=C(\O)c3cc(F)ccc3OC)C(=O)C(=O)N2c2ccc(C)cc2C)ccc1OC. The van der Waals surface area contributed by atoms with Crippen LogP contribution in [0.25, 0.3) is 5.76 Å². The fourth-order valence-corrected chi connectivity index (χ4v) is 4.61. The summed E-state index contributed by atoms with van der Waals surface area (Å²) in [5, 5.41) is 11.4. The van der Waals surface area contributed by atoms with Crippen molar-refractivity contribution in [3.8, 4) is 17.2 Å². The molecule has 0 bridgehead atoms. The van der Waals surface area contributed by atoms with Crippen molar-refractivity contribution in [3.05, 3.63) is 88.2 Å². The fourth-order valence-electron chi connectivity index (χ4n) is 4.61. The van der Waals surface area contributed by atoms with Gasteiger partial charge in [-0.1, -0.05) is 23.8 Å². The minimum Gasteiger partial charge on any atom is -0.507 e. The number of halogens is 1. The molecule has 1 unspecified atom stereocenters. The van der Waals surface area contributed by atoms with Crippen LogP contribution in [0.5, 0.6) is 17.2 Å². The fraction of sp³-hybridized carbons (Fsp3) is 0.241. The van der Waals surface area contributed by atoms with Gasteiger partial charge in [0.1, 0.15) is 17.3 Å². The first-order valence-corrected chi connectivity index (χ1v) is 11.7. The van der Waals surface area contributed by atoms with Gasteiger partial charge in [-0.15, -0.1) is 0 Å². The van der Waals surface area contributed by atoms with Crippen LogP contribution in [0, 0.1) is 19.7 Å². The van der Waals surface area contributed by atoms with E-state index in [2.05, 4.69) is 0 Å². The molecule has 8 heteroatoms. The van der Waals surface area contributed by atoms with E-state index < -0.39 is 29.3 Å². The number of carbonyl (C=O) groups is 2. The third-order valence-electron chi connectivity index (χ3n) is 6.28. The normalized spacial score (nSPS) is 16.7. The van der Waals surface area contributed by atoms with Crippen molar-refractivity contribution in [2.75, 3.05) is 25.7 Å². The second-order valence-corrected chi connectivity index (χ2v) is 8.65. The maximum absolute atomic E-state index is 14.2. The molecule has 192 valence electrons. The molecule has 0 saturated carbocycles. The summed E-state index contributed by atoms with van der Waals surface area (Å²) in [4.78, 5) is 28.3. The van der Waals surface area contributed by atoms with Gasteiger partial charge in [-0.3, -0.25) is 14.5 Å². The Morgan fingerprint density at radius 1 is 0.946 bits per heavy atom. The Morgan fingerprint density at radius 3 is 2.30 bits per heavy atom. The van der Waals surface area contributed by atoms with Gasteiger partial charge in [0.05, 0.1) is 38.0 Å². The molecule has 37 heavy (non-hydrogen) atoms. The van der Waals surface area contributed by atoms with Crippen molar-refractivity contribution < 1.29 is 33.3 Å². The molecule has 7 nitrogen and oxygen atoms in total. The van der Waals surface area contributed by atoms with Crippen LogP contribution in [0.15, 0.2) is 60.2 Å². The number of anilines is 1. The summed E-state index contributed by atoms with van der Waals surface area (Å²) < 4.78 is 30.6. The van der Waals surface area contributed by atoms with Crippen molar-refractivity contribution >= 4 is 23.1 Å². The van der Waals surface area contributed by atoms with Crippen LogP contribution in [0.4, 0.5) is 10.1 Å². The molecular weight excluding hydrogens is 477 g/mol. The van der Waals surface area contributed by atoms with Gasteiger partial charge in [-0.25, -0.2) is 4.39 Å². The summed E-state index contributed by atoms with van der Waals surface area (Å²) in [6.07, 6.45) is 0. The largest absolute Gasteiger partial charge is 0.507 e. The third-order valence-corrected chi connectivity index (χ3v) is 6.28. The Hall–Kier alpha value is -4.33. The molecule has 1 N–H and O–H groups in total. The number of ketones is 1. The van der Waals surface area contributed by atoms with Gasteiger partial charge in [0, 0.05) is 5.69 Å². The number of rotatable bonds is 7. The summed E-state index contributed by atoms with van der Waals surface area (Å²) in [6, 6.07) is 13.1. The van der Waals surface area contributed by atoms with Crippen molar-refractivity contribution in [3.63, 3.8) is 0 Å². The van der Waals surface area contributed by atoms with Gasteiger partial charge in [-0.05, 0) is 68.3 Å². The van der Waals surface area contributed by atoms with Gasteiger partial charge < -0.3 is 19.3 Å². The standard InChI is InChI=1S/C29H28FNO6/c1-6-37-24-14-18(8-11-23(24)36-5)26-25(27(32)20-15-19(30)9-12-22(20)35-4)28(33)29(34)31(26)21-10-7-16(2)13-17(21)3/h7-15,26,32H,6H2,1-5H3/b27-25+. The van der Waals surface area contributed by atoms with Crippen molar-refractivity contribution in [2.24, 2.45) is 0 Å². The Bertz CT molecular complexity index is 1410. The molecular formula is C29H28FNO6. The molecule has 1 aliphatic rings. The van der Waals surface area contributed by atoms with E-state index in [1.165, 1.54) is 31.3 Å². The Kier molecular flexibility index (Phi) is 7.20. The molecule has 1 saturated heterocycles. The molecule has 3 aromatic carbocycles. The third kappa shape index (κ3) is 4.62. The van der Waals surface area contributed by atoms with E-state index in [1.54, 1.807) is 24.3 Å². The van der Waals surface area contributed by atoms with Gasteiger partial charge >= 0.3 is 0 Å². The molecule has 4 rings (SSSR count). The smallest absolute Gasteiger partial charge is 0.300 e. The average Bonchev–Trinajstić information content (AvgIpc) is 3.14. The first kappa shape index (κ1) is 25.8. The minimum absolute atomic E-state index is 0.0373. The topological polar surface area (TPSA) is 85.3 Å². The maximum Gasteiger partial charge on any atom is 0.300 e. The molecule has 3 aromatic rings. The maximum atomic E-state index is 14.2. The number of ether oxygens (including phenoxy) is 3. The number of Topliss-reactive ketones (excluding diaryl/α,β-unsaturated/α-hetero) is 1. The van der Waals surface area contributed by atoms with Crippen LogP contribution in [0.1, 0.15) is 35.2 Å². The van der Waals surface area contributed by atoms with Crippen LogP contribution in [0.3, 0.4) is 0 Å². The predicted molar refractivity (Wildman–Crippen MR) is 138 cm³/mol. The zero-order valence-corrected chi connectivity index (χ0v) is 21.3. The summed E-state index contributed by atoms with van der Waals surface area (Å²) in [5.74, 6) is -1.85. The second kappa shape index (κ2) is 10.3. The highest BCUT2D eigenvalue weighted by atomic mass is 19.1. The first-order valence-electron chi connectivity index (χ1n) is 11.7. The number of aryl methyl sites for hydroxylation is 2. The second-order valence-electron chi connectivity index (χ2n) is 8.65. The Balaban J connectivity index is 2.03. The number of benzene rings is 3. The van der Waals surface area contributed by atoms with Crippen LogP contribution >= 0.6 is 0 Å². The molecule has 0 aliphatic carbocycles. The van der Waals surface area contributed by atoms with E-state index in [9.17, 15) is 19.1 Å². The van der Waals surface area contributed by atoms with E-state index in [4.69, 9.17) is 14.2 Å². The zero-order chi connectivity index (χ0) is 26.9. The number of aliphatic hydroxyl groups is 1. The molecule has 0 aromatic heterocycles. The van der Waals surface area contributed by atoms with Crippen LogP contribution in [-0.4, -0.2) is 37.6 Å². The van der Waals surface area contributed by atoms with Crippen LogP contribution in [-0.2, 0) is 9.59 Å². The quantitative estimate of drug-likeness (QED) is 0.260. The first-order chi connectivity index (χ1) is 17.7. The van der Waals surface area contributed by atoms with Crippen LogP contribution in [0.2, 0.25) is 0 Å². The van der Waals surface area contributed by atoms with E-state index in [1.807, 2.05) is 32.9 Å².